The number of carbonyl (C=O) groups excluding carboxylic acids is 3. The highest BCUT2D eigenvalue weighted by atomic mass is 16.3. The van der Waals surface area contributed by atoms with E-state index in [2.05, 4.69) is 5.32 Å². The minimum absolute atomic E-state index is 0.0740. The van der Waals surface area contributed by atoms with Gasteiger partial charge in [0.1, 0.15) is 23.4 Å². The highest BCUT2D eigenvalue weighted by Gasteiger charge is 2.55. The minimum atomic E-state index is -0.843. The Bertz CT molecular complexity index is 997. The number of hydrogen-bond donors (Lipinski definition) is 1. The fourth-order valence-corrected chi connectivity index (χ4v) is 4.83. The first-order valence-corrected chi connectivity index (χ1v) is 10.7. The predicted octanol–water partition coefficient (Wildman–Crippen LogP) is 3.45. The highest BCUT2D eigenvalue weighted by molar-refractivity contribution is 6.09. The molecule has 1 aliphatic carbocycles. The molecule has 2 unspecified atom stereocenters. The van der Waals surface area contributed by atoms with Gasteiger partial charge in [-0.15, -0.1) is 0 Å². The van der Waals surface area contributed by atoms with E-state index in [1.54, 1.807) is 11.9 Å². The van der Waals surface area contributed by atoms with E-state index in [0.29, 0.717) is 13.0 Å². The van der Waals surface area contributed by atoms with Crippen molar-refractivity contribution in [3.63, 3.8) is 0 Å². The number of imide groups is 1. The number of para-hydroxylation sites is 1. The maximum Gasteiger partial charge on any atom is 0.325 e. The Balaban J connectivity index is 1.49. The van der Waals surface area contributed by atoms with E-state index in [9.17, 15) is 14.4 Å². The molecule has 1 N–H and O–H groups in total. The number of carbonyl (C=O) groups is 3. The van der Waals surface area contributed by atoms with Gasteiger partial charge >= 0.3 is 6.03 Å². The zero-order valence-electron chi connectivity index (χ0n) is 17.9. The summed E-state index contributed by atoms with van der Waals surface area (Å²) in [7, 11) is 1.70. The number of rotatable bonds is 5. The smallest absolute Gasteiger partial charge is 0.325 e. The zero-order chi connectivity index (χ0) is 21.5. The van der Waals surface area contributed by atoms with Gasteiger partial charge in [0.2, 0.25) is 5.91 Å². The van der Waals surface area contributed by atoms with Gasteiger partial charge in [-0.1, -0.05) is 44.9 Å². The van der Waals surface area contributed by atoms with Crippen LogP contribution in [0.15, 0.2) is 28.7 Å². The van der Waals surface area contributed by atoms with E-state index >= 15 is 0 Å². The fraction of sp³-hybridized carbons (Fsp3) is 0.522. The minimum Gasteiger partial charge on any atom is -0.461 e. The Labute approximate surface area is 176 Å². The van der Waals surface area contributed by atoms with Crippen LogP contribution < -0.4 is 5.32 Å². The fourth-order valence-electron chi connectivity index (χ4n) is 4.83. The zero-order valence-corrected chi connectivity index (χ0v) is 17.9. The lowest BCUT2D eigenvalue weighted by atomic mass is 9.73. The largest absolute Gasteiger partial charge is 0.461 e. The first-order chi connectivity index (χ1) is 14.4. The van der Waals surface area contributed by atoms with Crippen molar-refractivity contribution in [2.24, 2.45) is 5.92 Å². The summed E-state index contributed by atoms with van der Waals surface area (Å²) in [6, 6.07) is 7.30. The van der Waals surface area contributed by atoms with E-state index < -0.39 is 11.6 Å². The molecule has 2 aromatic rings. The number of nitrogens with one attached hydrogen (secondary N) is 1. The third-order valence-corrected chi connectivity index (χ3v) is 6.72. The molecule has 1 spiro atoms. The lowest BCUT2D eigenvalue weighted by Crippen LogP contribution is -2.54. The molecule has 30 heavy (non-hydrogen) atoms. The molecule has 7 nitrogen and oxygen atoms in total. The first-order valence-electron chi connectivity index (χ1n) is 10.7. The number of furan rings is 1. The molecular weight excluding hydrogens is 382 g/mol. The summed E-state index contributed by atoms with van der Waals surface area (Å²) >= 11 is 0. The van der Waals surface area contributed by atoms with Crippen LogP contribution in [0.25, 0.3) is 11.0 Å². The van der Waals surface area contributed by atoms with Crippen LogP contribution in [0.5, 0.6) is 0 Å². The van der Waals surface area contributed by atoms with Gasteiger partial charge in [0.05, 0.1) is 0 Å². The lowest BCUT2D eigenvalue weighted by molar-refractivity contribution is -0.140. The second-order valence-corrected chi connectivity index (χ2v) is 8.54. The number of hydrogen-bond acceptors (Lipinski definition) is 4. The van der Waals surface area contributed by atoms with Crippen molar-refractivity contribution < 1.29 is 18.8 Å². The lowest BCUT2D eigenvalue weighted by Gasteiger charge is -2.36. The van der Waals surface area contributed by atoms with Crippen LogP contribution in [0.1, 0.15) is 50.9 Å². The van der Waals surface area contributed by atoms with Crippen molar-refractivity contribution in [2.45, 2.75) is 58.0 Å². The van der Waals surface area contributed by atoms with Crippen LogP contribution in [0, 0.1) is 5.92 Å². The molecule has 1 saturated heterocycles. The second-order valence-electron chi connectivity index (χ2n) is 8.54. The van der Waals surface area contributed by atoms with Crippen LogP contribution in [0.4, 0.5) is 4.79 Å². The number of fused-ring (bicyclic) bond motifs is 1. The number of benzene rings is 1. The number of nitrogens with zero attached hydrogens (tertiary/aromatic N) is 2. The molecule has 1 aliphatic heterocycles. The van der Waals surface area contributed by atoms with Gasteiger partial charge in [-0.25, -0.2) is 4.79 Å². The van der Waals surface area contributed by atoms with Crippen molar-refractivity contribution in [1.82, 2.24) is 15.1 Å². The maximum absolute atomic E-state index is 13.1. The number of aryl methyl sites for hydroxylation is 1. The standard InChI is InChI=1S/C23H29N3O4/c1-4-18-17(16-10-5-6-11-19(16)30-18)13-25(3)20(27)14-26-21(28)23(24-22(26)29)12-8-7-9-15(23)2/h5-6,10-11,15H,4,7-9,12-14H2,1-3H3,(H,24,29). The van der Waals surface area contributed by atoms with Crippen molar-refractivity contribution in [3.05, 3.63) is 35.6 Å². The normalized spacial score (nSPS) is 24.0. The average Bonchev–Trinajstić information content (AvgIpc) is 3.21. The number of urea groups is 1. The van der Waals surface area contributed by atoms with E-state index in [-0.39, 0.29) is 24.3 Å². The molecule has 2 heterocycles. The summed E-state index contributed by atoms with van der Waals surface area (Å²) in [6.45, 7) is 4.14. The third kappa shape index (κ3) is 3.26. The van der Waals surface area contributed by atoms with Crippen LogP contribution in [0.3, 0.4) is 0 Å². The topological polar surface area (TPSA) is 82.9 Å². The van der Waals surface area contributed by atoms with Crippen LogP contribution >= 0.6 is 0 Å². The van der Waals surface area contributed by atoms with Crippen molar-refractivity contribution in [3.8, 4) is 0 Å². The van der Waals surface area contributed by atoms with Gasteiger partial charge in [-0.3, -0.25) is 14.5 Å². The van der Waals surface area contributed by atoms with Crippen molar-refractivity contribution >= 4 is 28.8 Å². The molecule has 1 saturated carbocycles. The van der Waals surface area contributed by atoms with E-state index in [0.717, 1.165) is 52.9 Å². The molecule has 0 radical (unpaired) electrons. The summed E-state index contributed by atoms with van der Waals surface area (Å²) in [5.74, 6) is 0.390. The Hall–Kier alpha value is -2.83. The molecule has 2 atom stereocenters. The Morgan fingerprint density at radius 3 is 2.80 bits per heavy atom. The average molecular weight is 412 g/mol. The maximum atomic E-state index is 13.1. The number of likely N-dealkylation sites (N-methyl/N-ethyl adjacent to an activating group) is 1. The summed E-state index contributed by atoms with van der Waals surface area (Å²) in [5.41, 5.74) is 0.927. The third-order valence-electron chi connectivity index (χ3n) is 6.72. The number of amides is 4. The summed E-state index contributed by atoms with van der Waals surface area (Å²) in [5, 5.41) is 3.89. The molecule has 1 aromatic heterocycles. The molecule has 2 fully saturated rings. The first kappa shape index (κ1) is 20.4. The van der Waals surface area contributed by atoms with Crippen LogP contribution in [0.2, 0.25) is 0 Å². The van der Waals surface area contributed by atoms with Crippen LogP contribution in [-0.2, 0) is 22.6 Å². The van der Waals surface area contributed by atoms with Gasteiger partial charge in [0, 0.05) is 31.0 Å². The molecule has 4 amide bonds. The van der Waals surface area contributed by atoms with Crippen molar-refractivity contribution in [1.29, 1.82) is 0 Å². The SMILES string of the molecule is CCc1oc2ccccc2c1CN(C)C(=O)CN1C(=O)NC2(CCCCC2C)C1=O. The summed E-state index contributed by atoms with van der Waals surface area (Å²) in [6.07, 6.45) is 4.23. The molecule has 1 aromatic carbocycles. The Kier molecular flexibility index (Phi) is 5.30. The molecule has 2 aliphatic rings. The molecule has 4 rings (SSSR count). The molecule has 0 bridgehead atoms. The van der Waals surface area contributed by atoms with E-state index in [4.69, 9.17) is 4.42 Å². The summed E-state index contributed by atoms with van der Waals surface area (Å²) in [4.78, 5) is 41.3. The van der Waals surface area contributed by atoms with Gasteiger partial charge in [0.25, 0.3) is 5.91 Å². The van der Waals surface area contributed by atoms with Gasteiger partial charge in [-0.2, -0.15) is 0 Å². The van der Waals surface area contributed by atoms with E-state index in [1.165, 1.54) is 0 Å². The van der Waals surface area contributed by atoms with Crippen molar-refractivity contribution in [2.75, 3.05) is 13.6 Å². The Morgan fingerprint density at radius 1 is 1.30 bits per heavy atom. The molecule has 160 valence electrons. The Morgan fingerprint density at radius 2 is 2.07 bits per heavy atom. The quantitative estimate of drug-likeness (QED) is 0.764. The molecule has 7 heteroatoms. The van der Waals surface area contributed by atoms with Crippen LogP contribution in [-0.4, -0.2) is 46.8 Å². The van der Waals surface area contributed by atoms with Gasteiger partial charge < -0.3 is 14.6 Å². The monoisotopic (exact) mass is 411 g/mol. The predicted molar refractivity (Wildman–Crippen MR) is 113 cm³/mol. The van der Waals surface area contributed by atoms with Gasteiger partial charge in [-0.05, 0) is 24.8 Å². The highest BCUT2D eigenvalue weighted by Crippen LogP contribution is 2.38. The summed E-state index contributed by atoms with van der Waals surface area (Å²) < 4.78 is 5.92. The van der Waals surface area contributed by atoms with E-state index in [1.807, 2.05) is 38.1 Å². The second kappa shape index (κ2) is 7.78. The molecular formula is C23H29N3O4. The van der Waals surface area contributed by atoms with Gasteiger partial charge in [0.15, 0.2) is 0 Å².